The van der Waals surface area contributed by atoms with Crippen molar-refractivity contribution >= 4 is 45.1 Å². The van der Waals surface area contributed by atoms with Crippen molar-refractivity contribution in [1.82, 2.24) is 0 Å². The first-order valence-electron chi connectivity index (χ1n) is 9.77. The number of hydrogen-bond donors (Lipinski definition) is 1. The summed E-state index contributed by atoms with van der Waals surface area (Å²) < 4.78 is 6.17. The van der Waals surface area contributed by atoms with E-state index < -0.39 is 17.8 Å². The standard InChI is InChI=1S/C23H25BrN2O4/c1-13-6-5-7-14(2)22(13)26-11-17(10-21(26)28)23(29)30-12-20(27)25-19-9-15(3)18(24)8-16(19)4/h5-9,17H,10-12H2,1-4H3,(H,25,27)/t17-/m1/s1. The monoisotopic (exact) mass is 472 g/mol. The van der Waals surface area contributed by atoms with Crippen LogP contribution >= 0.6 is 15.9 Å². The summed E-state index contributed by atoms with van der Waals surface area (Å²) in [6.07, 6.45) is 0.0826. The molecule has 1 N–H and O–H groups in total. The number of anilines is 2. The van der Waals surface area contributed by atoms with Crippen molar-refractivity contribution in [2.75, 3.05) is 23.4 Å². The molecule has 1 atom stereocenters. The minimum Gasteiger partial charge on any atom is -0.455 e. The van der Waals surface area contributed by atoms with Crippen LogP contribution in [0.25, 0.3) is 0 Å². The van der Waals surface area contributed by atoms with Gasteiger partial charge in [0.05, 0.1) is 5.92 Å². The third-order valence-electron chi connectivity index (χ3n) is 5.29. The maximum Gasteiger partial charge on any atom is 0.311 e. The molecular weight excluding hydrogens is 448 g/mol. The lowest BCUT2D eigenvalue weighted by atomic mass is 10.1. The van der Waals surface area contributed by atoms with E-state index in [0.29, 0.717) is 5.69 Å². The summed E-state index contributed by atoms with van der Waals surface area (Å²) in [5.74, 6) is -1.64. The highest BCUT2D eigenvalue weighted by Gasteiger charge is 2.37. The quantitative estimate of drug-likeness (QED) is 0.660. The lowest BCUT2D eigenvalue weighted by molar-refractivity contribution is -0.151. The van der Waals surface area contributed by atoms with Crippen LogP contribution in [0, 0.1) is 33.6 Å². The van der Waals surface area contributed by atoms with E-state index in [0.717, 1.165) is 32.4 Å². The smallest absolute Gasteiger partial charge is 0.311 e. The normalized spacial score (nSPS) is 16.0. The number of amides is 2. The SMILES string of the molecule is Cc1cc(NC(=O)COC(=O)[C@@H]2CC(=O)N(c3c(C)cccc3C)C2)c(C)cc1Br. The molecule has 0 saturated carbocycles. The first-order valence-corrected chi connectivity index (χ1v) is 10.6. The van der Waals surface area contributed by atoms with Gasteiger partial charge in [0.25, 0.3) is 5.91 Å². The molecule has 0 radical (unpaired) electrons. The van der Waals surface area contributed by atoms with Crippen LogP contribution in [0.5, 0.6) is 0 Å². The van der Waals surface area contributed by atoms with E-state index in [2.05, 4.69) is 21.2 Å². The highest BCUT2D eigenvalue weighted by molar-refractivity contribution is 9.10. The summed E-state index contributed by atoms with van der Waals surface area (Å²) in [5, 5.41) is 2.77. The van der Waals surface area contributed by atoms with Gasteiger partial charge in [0.15, 0.2) is 6.61 Å². The minimum atomic E-state index is -0.582. The Morgan fingerprint density at radius 2 is 1.77 bits per heavy atom. The van der Waals surface area contributed by atoms with E-state index in [-0.39, 0.29) is 25.5 Å². The zero-order valence-corrected chi connectivity index (χ0v) is 19.1. The molecule has 30 heavy (non-hydrogen) atoms. The highest BCUT2D eigenvalue weighted by atomic mass is 79.9. The molecule has 0 bridgehead atoms. The van der Waals surface area contributed by atoms with Crippen molar-refractivity contribution in [2.45, 2.75) is 34.1 Å². The first kappa shape index (κ1) is 22.0. The van der Waals surface area contributed by atoms with Gasteiger partial charge >= 0.3 is 5.97 Å². The molecule has 2 aromatic rings. The van der Waals surface area contributed by atoms with Crippen LogP contribution in [0.1, 0.15) is 28.7 Å². The lowest BCUT2D eigenvalue weighted by Crippen LogP contribution is -2.29. The largest absolute Gasteiger partial charge is 0.455 e. The fraction of sp³-hybridized carbons (Fsp3) is 0.348. The number of nitrogens with one attached hydrogen (secondary N) is 1. The van der Waals surface area contributed by atoms with Crippen molar-refractivity contribution < 1.29 is 19.1 Å². The van der Waals surface area contributed by atoms with Crippen molar-refractivity contribution in [3.63, 3.8) is 0 Å². The predicted molar refractivity (Wildman–Crippen MR) is 120 cm³/mol. The maximum absolute atomic E-state index is 12.5. The van der Waals surface area contributed by atoms with Gasteiger partial charge in [0.2, 0.25) is 5.91 Å². The molecule has 3 rings (SSSR count). The van der Waals surface area contributed by atoms with Crippen molar-refractivity contribution in [2.24, 2.45) is 5.92 Å². The minimum absolute atomic E-state index is 0.0826. The van der Waals surface area contributed by atoms with E-state index in [1.54, 1.807) is 4.90 Å². The Kier molecular flexibility index (Phi) is 6.61. The van der Waals surface area contributed by atoms with Gasteiger partial charge in [-0.05, 0) is 62.1 Å². The summed E-state index contributed by atoms with van der Waals surface area (Å²) >= 11 is 3.46. The van der Waals surface area contributed by atoms with E-state index >= 15 is 0 Å². The number of benzene rings is 2. The van der Waals surface area contributed by atoms with Gasteiger partial charge in [-0.2, -0.15) is 0 Å². The van der Waals surface area contributed by atoms with Crippen LogP contribution in [-0.2, 0) is 19.1 Å². The van der Waals surface area contributed by atoms with Gasteiger partial charge in [-0.3, -0.25) is 14.4 Å². The van der Waals surface area contributed by atoms with Gasteiger partial charge in [-0.15, -0.1) is 0 Å². The third-order valence-corrected chi connectivity index (χ3v) is 6.15. The summed E-state index contributed by atoms with van der Waals surface area (Å²) in [7, 11) is 0. The van der Waals surface area contributed by atoms with E-state index in [4.69, 9.17) is 4.74 Å². The van der Waals surface area contributed by atoms with Gasteiger partial charge in [-0.25, -0.2) is 0 Å². The highest BCUT2D eigenvalue weighted by Crippen LogP contribution is 2.31. The number of esters is 1. The second-order valence-electron chi connectivity index (χ2n) is 7.72. The summed E-state index contributed by atoms with van der Waals surface area (Å²) in [6.45, 7) is 7.57. The number of aryl methyl sites for hydroxylation is 4. The predicted octanol–water partition coefficient (Wildman–Crippen LogP) is 4.22. The summed E-state index contributed by atoms with van der Waals surface area (Å²) in [5.41, 5.74) is 5.38. The second kappa shape index (κ2) is 9.00. The molecule has 0 unspecified atom stereocenters. The molecule has 1 aliphatic rings. The molecule has 0 aliphatic carbocycles. The van der Waals surface area contributed by atoms with Crippen LogP contribution in [0.15, 0.2) is 34.8 Å². The lowest BCUT2D eigenvalue weighted by Gasteiger charge is -2.21. The van der Waals surface area contributed by atoms with Crippen LogP contribution in [-0.4, -0.2) is 30.9 Å². The van der Waals surface area contributed by atoms with Crippen molar-refractivity contribution in [1.29, 1.82) is 0 Å². The molecule has 1 saturated heterocycles. The average Bonchev–Trinajstić information content (AvgIpc) is 3.05. The Labute approximate surface area is 184 Å². The molecule has 7 heteroatoms. The number of halogens is 1. The zero-order chi connectivity index (χ0) is 22.0. The summed E-state index contributed by atoms with van der Waals surface area (Å²) in [6, 6.07) is 9.60. The fourth-order valence-electron chi connectivity index (χ4n) is 3.67. The zero-order valence-electron chi connectivity index (χ0n) is 17.5. The Morgan fingerprint density at radius 1 is 1.10 bits per heavy atom. The molecule has 0 spiro atoms. The van der Waals surface area contributed by atoms with E-state index in [1.165, 1.54) is 0 Å². The molecule has 158 valence electrons. The number of para-hydroxylation sites is 1. The van der Waals surface area contributed by atoms with Crippen molar-refractivity contribution in [3.05, 3.63) is 57.1 Å². The molecule has 0 aromatic heterocycles. The average molecular weight is 473 g/mol. The maximum atomic E-state index is 12.5. The molecule has 1 heterocycles. The Bertz CT molecular complexity index is 998. The Balaban J connectivity index is 1.59. The number of rotatable bonds is 5. The van der Waals surface area contributed by atoms with Gasteiger partial charge in [0, 0.05) is 28.8 Å². The number of carbonyl (C=O) groups is 3. The second-order valence-corrected chi connectivity index (χ2v) is 8.57. The number of ether oxygens (including phenoxy) is 1. The van der Waals surface area contributed by atoms with E-state index in [1.807, 2.05) is 58.0 Å². The Morgan fingerprint density at radius 3 is 2.43 bits per heavy atom. The third kappa shape index (κ3) is 4.73. The topological polar surface area (TPSA) is 75.7 Å². The molecular formula is C23H25BrN2O4. The van der Waals surface area contributed by atoms with Crippen LogP contribution in [0.4, 0.5) is 11.4 Å². The van der Waals surface area contributed by atoms with Gasteiger partial charge < -0.3 is 15.0 Å². The molecule has 2 amide bonds. The molecule has 2 aromatic carbocycles. The molecule has 1 aliphatic heterocycles. The van der Waals surface area contributed by atoms with Crippen LogP contribution < -0.4 is 10.2 Å². The van der Waals surface area contributed by atoms with E-state index in [9.17, 15) is 14.4 Å². The molecule has 1 fully saturated rings. The van der Waals surface area contributed by atoms with Crippen LogP contribution in [0.3, 0.4) is 0 Å². The van der Waals surface area contributed by atoms with Gasteiger partial charge in [-0.1, -0.05) is 34.1 Å². The van der Waals surface area contributed by atoms with Crippen molar-refractivity contribution in [3.8, 4) is 0 Å². The fourth-order valence-corrected chi connectivity index (χ4v) is 4.13. The Hall–Kier alpha value is -2.67. The number of nitrogens with zero attached hydrogens (tertiary/aromatic N) is 1. The summed E-state index contributed by atoms with van der Waals surface area (Å²) in [4.78, 5) is 38.9. The first-order chi connectivity index (χ1) is 14.2. The van der Waals surface area contributed by atoms with Gasteiger partial charge in [0.1, 0.15) is 0 Å². The number of carbonyl (C=O) groups excluding carboxylic acids is 3. The van der Waals surface area contributed by atoms with Crippen LogP contribution in [0.2, 0.25) is 0 Å². The molecule has 6 nitrogen and oxygen atoms in total. The number of hydrogen-bond acceptors (Lipinski definition) is 4.